The van der Waals surface area contributed by atoms with Crippen molar-refractivity contribution in [1.82, 2.24) is 5.32 Å². The summed E-state index contributed by atoms with van der Waals surface area (Å²) in [7, 11) is -9.96. The molecule has 0 spiro atoms. The predicted molar refractivity (Wildman–Crippen MR) is 112 cm³/mol. The number of rotatable bonds is 4. The molecule has 2 aromatic carbocycles. The zero-order valence-corrected chi connectivity index (χ0v) is 17.6. The summed E-state index contributed by atoms with van der Waals surface area (Å²) in [5.74, 6) is 0. The van der Waals surface area contributed by atoms with Crippen molar-refractivity contribution in [3.63, 3.8) is 0 Å². The molecule has 1 heterocycles. The first-order valence-electron chi connectivity index (χ1n) is 9.86. The van der Waals surface area contributed by atoms with Gasteiger partial charge in [0.15, 0.2) is 0 Å². The summed E-state index contributed by atoms with van der Waals surface area (Å²) in [6.45, 7) is 1.25. The van der Waals surface area contributed by atoms with Crippen molar-refractivity contribution in [3.8, 4) is 0 Å². The van der Waals surface area contributed by atoms with E-state index in [1.54, 1.807) is 29.2 Å². The smallest absolute Gasteiger partial charge is 0.319 e. The van der Waals surface area contributed by atoms with Crippen molar-refractivity contribution >= 4 is 27.6 Å². The summed E-state index contributed by atoms with van der Waals surface area (Å²) < 4.78 is 72.2. The second kappa shape index (κ2) is 7.22. The van der Waals surface area contributed by atoms with E-state index < -0.39 is 39.0 Å². The van der Waals surface area contributed by atoms with Gasteiger partial charge in [0.25, 0.3) is 0 Å². The lowest BCUT2D eigenvalue weighted by molar-refractivity contribution is 0.123. The maximum Gasteiger partial charge on any atom is 0.319 e. The molecule has 32 heavy (non-hydrogen) atoms. The first kappa shape index (κ1) is 22.6. The predicted octanol–water partition coefficient (Wildman–Crippen LogP) is 4.96. The summed E-state index contributed by atoms with van der Waals surface area (Å²) in [5, 5.41) is 15.1. The number of nitrogens with zero attached hydrogens (tertiary/aromatic N) is 1. The van der Waals surface area contributed by atoms with Crippen molar-refractivity contribution in [1.29, 1.82) is 0 Å². The fourth-order valence-electron chi connectivity index (χ4n) is 3.98. The van der Waals surface area contributed by atoms with Crippen LogP contribution in [0.25, 0.3) is 0 Å². The van der Waals surface area contributed by atoms with Gasteiger partial charge in [-0.1, -0.05) is 43.7 Å². The van der Waals surface area contributed by atoms with E-state index in [4.69, 9.17) is 4.74 Å². The number of carbonyl (C=O) groups excluding carboxylic acids is 1. The standard InChI is InChI=1S/C20H22F5N3O3S/c21-32(22,23,24,25)14-5-6-17(28-7-9-31-10-8-28)16(12-14)26-20(30)27-19-15-4-2-1-3-13(15)11-18(19)29/h1-6,12,18-19,29H,7-11H2,(H2,26,27,30)/t18-,19+/m0/s1. The van der Waals surface area contributed by atoms with Gasteiger partial charge in [-0.3, -0.25) is 0 Å². The van der Waals surface area contributed by atoms with Crippen LogP contribution in [0.4, 0.5) is 35.6 Å². The number of morpholine rings is 1. The topological polar surface area (TPSA) is 73.8 Å². The normalized spacial score (nSPS) is 23.1. The van der Waals surface area contributed by atoms with Crippen LogP contribution in [0, 0.1) is 0 Å². The molecule has 4 rings (SSSR count). The highest BCUT2D eigenvalue weighted by Crippen LogP contribution is 3.02. The van der Waals surface area contributed by atoms with Crippen LogP contribution in [-0.4, -0.2) is 43.5 Å². The second-order valence-electron chi connectivity index (χ2n) is 7.79. The number of anilines is 2. The van der Waals surface area contributed by atoms with Crippen LogP contribution in [0.2, 0.25) is 0 Å². The second-order valence-corrected chi connectivity index (χ2v) is 10.2. The Morgan fingerprint density at radius 2 is 1.75 bits per heavy atom. The summed E-state index contributed by atoms with van der Waals surface area (Å²) >= 11 is 0. The Morgan fingerprint density at radius 3 is 2.44 bits per heavy atom. The molecule has 0 unspecified atom stereocenters. The fourth-order valence-corrected chi connectivity index (χ4v) is 4.65. The molecule has 3 N–H and O–H groups in total. The number of aliphatic hydroxyl groups is 1. The van der Waals surface area contributed by atoms with Gasteiger partial charge in [0, 0.05) is 19.5 Å². The van der Waals surface area contributed by atoms with Crippen molar-refractivity contribution < 1.29 is 34.1 Å². The molecule has 0 radical (unpaired) electrons. The number of carbonyl (C=O) groups is 1. The minimum absolute atomic E-state index is 0.168. The number of urea groups is 1. The molecule has 2 amide bonds. The SMILES string of the molecule is O=C(Nc1cc(S(F)(F)(F)(F)F)ccc1N1CCOCC1)N[C@@H]1c2ccccc2C[C@@H]1O. The molecule has 6 nitrogen and oxygen atoms in total. The Labute approximate surface area is 181 Å². The van der Waals surface area contributed by atoms with E-state index in [2.05, 4.69) is 10.6 Å². The maximum atomic E-state index is 13.4. The number of hydrogen-bond donors (Lipinski definition) is 3. The number of halogens is 5. The Kier molecular flexibility index (Phi) is 5.10. The van der Waals surface area contributed by atoms with Crippen LogP contribution in [0.15, 0.2) is 47.4 Å². The average Bonchev–Trinajstić information content (AvgIpc) is 3.02. The molecule has 12 heteroatoms. The van der Waals surface area contributed by atoms with E-state index in [0.29, 0.717) is 44.4 Å². The fraction of sp³-hybridized carbons (Fsp3) is 0.350. The number of amides is 2. The summed E-state index contributed by atoms with van der Waals surface area (Å²) in [6, 6.07) is 6.85. The first-order valence-corrected chi connectivity index (χ1v) is 11.8. The molecule has 176 valence electrons. The van der Waals surface area contributed by atoms with Gasteiger partial charge in [0.2, 0.25) is 0 Å². The van der Waals surface area contributed by atoms with Gasteiger partial charge < -0.3 is 25.4 Å². The molecule has 0 aromatic heterocycles. The third kappa shape index (κ3) is 4.76. The monoisotopic (exact) mass is 479 g/mol. The highest BCUT2D eigenvalue weighted by Gasteiger charge is 2.65. The molecule has 2 atom stereocenters. The van der Waals surface area contributed by atoms with Gasteiger partial charge in [-0.25, -0.2) is 4.79 Å². The summed E-state index contributed by atoms with van der Waals surface area (Å²) in [4.78, 5) is 12.2. The van der Waals surface area contributed by atoms with Gasteiger partial charge in [-0.2, -0.15) is 0 Å². The molecule has 2 aliphatic rings. The minimum Gasteiger partial charge on any atom is -0.390 e. The van der Waals surface area contributed by atoms with Gasteiger partial charge in [-0.15, -0.1) is 0 Å². The lowest BCUT2D eigenvalue weighted by Crippen LogP contribution is -2.39. The Hall–Kier alpha value is -2.57. The molecular weight excluding hydrogens is 457 g/mol. The number of fused-ring (bicyclic) bond motifs is 1. The third-order valence-electron chi connectivity index (χ3n) is 5.50. The lowest BCUT2D eigenvalue weighted by Gasteiger charge is -2.41. The van der Waals surface area contributed by atoms with Crippen molar-refractivity contribution in [2.24, 2.45) is 0 Å². The van der Waals surface area contributed by atoms with Gasteiger partial charge in [0.05, 0.1) is 36.7 Å². The summed E-state index contributed by atoms with van der Waals surface area (Å²) in [5.41, 5.74) is 1.28. The van der Waals surface area contributed by atoms with Gasteiger partial charge in [-0.05, 0) is 29.3 Å². The number of aliphatic hydroxyl groups excluding tert-OH is 1. The summed E-state index contributed by atoms with van der Waals surface area (Å²) in [6.07, 6.45) is -0.618. The zero-order chi connectivity index (χ0) is 23.2. The zero-order valence-electron chi connectivity index (χ0n) is 16.7. The van der Waals surface area contributed by atoms with Gasteiger partial charge >= 0.3 is 16.3 Å². The molecule has 1 aliphatic heterocycles. The highest BCUT2D eigenvalue weighted by molar-refractivity contribution is 8.45. The van der Waals surface area contributed by atoms with Crippen LogP contribution in [0.1, 0.15) is 17.2 Å². The van der Waals surface area contributed by atoms with E-state index in [1.807, 2.05) is 0 Å². The van der Waals surface area contributed by atoms with E-state index in [1.165, 1.54) is 0 Å². The molecule has 0 bridgehead atoms. The average molecular weight is 479 g/mol. The Balaban J connectivity index is 1.63. The van der Waals surface area contributed by atoms with E-state index >= 15 is 0 Å². The van der Waals surface area contributed by atoms with Crippen LogP contribution < -0.4 is 15.5 Å². The third-order valence-corrected chi connectivity index (χ3v) is 6.65. The maximum absolute atomic E-state index is 13.4. The highest BCUT2D eigenvalue weighted by atomic mass is 32.5. The quantitative estimate of drug-likeness (QED) is 0.542. The van der Waals surface area contributed by atoms with Crippen LogP contribution in [0.3, 0.4) is 0 Å². The largest absolute Gasteiger partial charge is 0.390 e. The first-order chi connectivity index (χ1) is 14.8. The van der Waals surface area contributed by atoms with Crippen LogP contribution in [0.5, 0.6) is 0 Å². The Bertz CT molecular complexity index is 1050. The Morgan fingerprint density at radius 1 is 1.06 bits per heavy atom. The molecule has 2 aromatic rings. The molecule has 0 saturated carbocycles. The number of hydrogen-bond acceptors (Lipinski definition) is 4. The molecule has 1 aliphatic carbocycles. The number of benzene rings is 2. The molecule has 1 fully saturated rings. The van der Waals surface area contributed by atoms with Crippen molar-refractivity contribution in [2.75, 3.05) is 36.5 Å². The van der Waals surface area contributed by atoms with Crippen molar-refractivity contribution in [3.05, 3.63) is 53.6 Å². The molecule has 1 saturated heterocycles. The number of ether oxygens (including phenoxy) is 1. The van der Waals surface area contributed by atoms with E-state index in [0.717, 1.165) is 11.6 Å². The van der Waals surface area contributed by atoms with Gasteiger partial charge in [0.1, 0.15) is 4.90 Å². The minimum atomic E-state index is -9.96. The van der Waals surface area contributed by atoms with E-state index in [-0.39, 0.29) is 11.8 Å². The van der Waals surface area contributed by atoms with Crippen LogP contribution in [-0.2, 0) is 11.2 Å². The number of nitrogens with one attached hydrogen (secondary N) is 2. The lowest BCUT2D eigenvalue weighted by atomic mass is 10.1. The van der Waals surface area contributed by atoms with E-state index in [9.17, 15) is 29.3 Å². The van der Waals surface area contributed by atoms with Crippen molar-refractivity contribution in [2.45, 2.75) is 23.5 Å². The molecular formula is C20H22F5N3O3S. The van der Waals surface area contributed by atoms with Crippen LogP contribution >= 0.6 is 10.2 Å².